The fourth-order valence-corrected chi connectivity index (χ4v) is 2.67. The van der Waals surface area contributed by atoms with Crippen LogP contribution < -0.4 is 5.32 Å². The summed E-state index contributed by atoms with van der Waals surface area (Å²) < 4.78 is 0. The molecule has 0 unspecified atom stereocenters. The summed E-state index contributed by atoms with van der Waals surface area (Å²) in [6.07, 6.45) is 19.7. The average molecular weight is 282 g/mol. The lowest BCUT2D eigenvalue weighted by atomic mass is 9.96. The predicted octanol–water partition coefficient (Wildman–Crippen LogP) is 6.24. The molecule has 0 saturated carbocycles. The van der Waals surface area contributed by atoms with Crippen LogP contribution in [0, 0.1) is 0 Å². The van der Waals surface area contributed by atoms with E-state index < -0.39 is 0 Å². The number of hydrogen-bond acceptors (Lipinski definition) is 1. The molecule has 0 aliphatic heterocycles. The molecule has 1 N–H and O–H groups in total. The van der Waals surface area contributed by atoms with E-state index in [0.717, 1.165) is 6.54 Å². The summed E-state index contributed by atoms with van der Waals surface area (Å²) >= 11 is 0. The summed E-state index contributed by atoms with van der Waals surface area (Å²) in [4.78, 5) is 0. The van der Waals surface area contributed by atoms with Gasteiger partial charge >= 0.3 is 0 Å². The summed E-state index contributed by atoms with van der Waals surface area (Å²) in [7, 11) is 0. The third kappa shape index (κ3) is 14.1. The molecule has 20 heavy (non-hydrogen) atoms. The Morgan fingerprint density at radius 1 is 0.750 bits per heavy atom. The Morgan fingerprint density at radius 3 is 1.85 bits per heavy atom. The molecule has 0 spiro atoms. The van der Waals surface area contributed by atoms with E-state index in [9.17, 15) is 0 Å². The molecule has 0 saturated heterocycles. The summed E-state index contributed by atoms with van der Waals surface area (Å²) in [5, 5.41) is 3.55. The maximum absolute atomic E-state index is 3.55. The van der Waals surface area contributed by atoms with Crippen molar-refractivity contribution in [1.82, 2.24) is 5.32 Å². The van der Waals surface area contributed by atoms with Gasteiger partial charge in [0, 0.05) is 5.54 Å². The molecule has 120 valence electrons. The van der Waals surface area contributed by atoms with Crippen LogP contribution in [0.4, 0.5) is 0 Å². The van der Waals surface area contributed by atoms with Gasteiger partial charge in [-0.15, -0.1) is 0 Å². The van der Waals surface area contributed by atoms with Gasteiger partial charge < -0.3 is 5.32 Å². The largest absolute Gasteiger partial charge is 0.312 e. The van der Waals surface area contributed by atoms with Crippen molar-refractivity contribution in [3.63, 3.8) is 0 Å². The number of nitrogens with one attached hydrogen (secondary N) is 1. The summed E-state index contributed by atoms with van der Waals surface area (Å²) in [6, 6.07) is 0. The zero-order valence-electron chi connectivity index (χ0n) is 14.6. The monoisotopic (exact) mass is 281 g/mol. The van der Waals surface area contributed by atoms with E-state index in [1.807, 2.05) is 0 Å². The normalized spacial score (nSPS) is 12.4. The number of allylic oxidation sites excluding steroid dienone is 2. The molecule has 0 heterocycles. The first-order valence-corrected chi connectivity index (χ1v) is 9.02. The van der Waals surface area contributed by atoms with Crippen LogP contribution in [0.1, 0.15) is 98.3 Å². The molecule has 0 radical (unpaired) electrons. The highest BCUT2D eigenvalue weighted by Gasteiger charge is 2.14. The van der Waals surface area contributed by atoms with Gasteiger partial charge in [-0.1, -0.05) is 64.5 Å². The summed E-state index contributed by atoms with van der Waals surface area (Å²) in [5.74, 6) is 0. The zero-order valence-corrected chi connectivity index (χ0v) is 14.6. The number of rotatable bonds is 14. The summed E-state index contributed by atoms with van der Waals surface area (Å²) in [5.41, 5.74) is 0.327. The molecule has 0 aliphatic rings. The average Bonchev–Trinajstić information content (AvgIpc) is 2.40. The Kier molecular flexibility index (Phi) is 13.5. The number of hydrogen-bond donors (Lipinski definition) is 1. The minimum absolute atomic E-state index is 0.327. The second kappa shape index (κ2) is 13.7. The molecule has 0 fully saturated rings. The maximum atomic E-state index is 3.55. The molecule has 0 aromatic rings. The zero-order chi connectivity index (χ0) is 15.1. The molecule has 0 atom stereocenters. The van der Waals surface area contributed by atoms with Crippen molar-refractivity contribution in [3.8, 4) is 0 Å². The first-order chi connectivity index (χ1) is 9.62. The van der Waals surface area contributed by atoms with Crippen LogP contribution in [0.5, 0.6) is 0 Å². The Morgan fingerprint density at radius 2 is 1.30 bits per heavy atom. The van der Waals surface area contributed by atoms with E-state index in [4.69, 9.17) is 0 Å². The minimum atomic E-state index is 0.327. The lowest BCUT2D eigenvalue weighted by Gasteiger charge is -2.25. The van der Waals surface area contributed by atoms with Crippen molar-refractivity contribution in [2.45, 2.75) is 104 Å². The molecule has 0 rings (SSSR count). The highest BCUT2D eigenvalue weighted by Crippen LogP contribution is 2.15. The lowest BCUT2D eigenvalue weighted by molar-refractivity contribution is 0.355. The smallest absolute Gasteiger partial charge is 0.0125 e. The van der Waals surface area contributed by atoms with Gasteiger partial charge in [0.2, 0.25) is 0 Å². The fourth-order valence-electron chi connectivity index (χ4n) is 2.67. The van der Waals surface area contributed by atoms with Crippen molar-refractivity contribution in [1.29, 1.82) is 0 Å². The van der Waals surface area contributed by atoms with Gasteiger partial charge in [0.15, 0.2) is 0 Å². The molecule has 1 heteroatoms. The van der Waals surface area contributed by atoms with E-state index in [1.165, 1.54) is 70.6 Å². The van der Waals surface area contributed by atoms with Crippen molar-refractivity contribution in [3.05, 3.63) is 12.2 Å². The van der Waals surface area contributed by atoms with Crippen LogP contribution in [0.2, 0.25) is 0 Å². The minimum Gasteiger partial charge on any atom is -0.312 e. The van der Waals surface area contributed by atoms with Crippen molar-refractivity contribution in [2.75, 3.05) is 6.54 Å². The van der Waals surface area contributed by atoms with E-state index in [2.05, 4.69) is 45.2 Å². The van der Waals surface area contributed by atoms with Crippen LogP contribution in [0.3, 0.4) is 0 Å². The topological polar surface area (TPSA) is 12.0 Å². The molecule has 0 aliphatic carbocycles. The van der Waals surface area contributed by atoms with Crippen LogP contribution >= 0.6 is 0 Å². The summed E-state index contributed by atoms with van der Waals surface area (Å²) in [6.45, 7) is 10.2. The lowest BCUT2D eigenvalue weighted by Crippen LogP contribution is -2.38. The molecule has 0 aromatic carbocycles. The SMILES string of the molecule is CCCCCCC=CCCCCCCC(C)(C)NCC. The molecule has 1 nitrogen and oxygen atoms in total. The maximum Gasteiger partial charge on any atom is 0.0125 e. The highest BCUT2D eigenvalue weighted by molar-refractivity contribution is 4.81. The van der Waals surface area contributed by atoms with Gasteiger partial charge in [0.05, 0.1) is 0 Å². The van der Waals surface area contributed by atoms with E-state index in [0.29, 0.717) is 5.54 Å². The first kappa shape index (κ1) is 19.7. The molecule has 0 aromatic heterocycles. The Labute approximate surface area is 128 Å². The van der Waals surface area contributed by atoms with Gasteiger partial charge in [-0.3, -0.25) is 0 Å². The van der Waals surface area contributed by atoms with Gasteiger partial charge in [-0.05, 0) is 52.5 Å². The first-order valence-electron chi connectivity index (χ1n) is 9.02. The number of unbranched alkanes of at least 4 members (excludes halogenated alkanes) is 8. The van der Waals surface area contributed by atoms with Crippen LogP contribution in [0.25, 0.3) is 0 Å². The van der Waals surface area contributed by atoms with Crippen LogP contribution in [0.15, 0.2) is 12.2 Å². The molecule has 0 bridgehead atoms. The van der Waals surface area contributed by atoms with Gasteiger partial charge in [0.1, 0.15) is 0 Å². The predicted molar refractivity (Wildman–Crippen MR) is 93.4 cm³/mol. The van der Waals surface area contributed by atoms with E-state index in [1.54, 1.807) is 0 Å². The van der Waals surface area contributed by atoms with Gasteiger partial charge in [-0.2, -0.15) is 0 Å². The van der Waals surface area contributed by atoms with Gasteiger partial charge in [-0.25, -0.2) is 0 Å². The standard InChI is InChI=1S/C19H39N/c1-5-7-8-9-10-11-12-13-14-15-16-17-18-19(3,4)20-6-2/h11-12,20H,5-10,13-18H2,1-4H3. The highest BCUT2D eigenvalue weighted by atomic mass is 14.9. The Bertz CT molecular complexity index is 218. The quantitative estimate of drug-likeness (QED) is 0.293. The molecular weight excluding hydrogens is 242 g/mol. The van der Waals surface area contributed by atoms with Gasteiger partial charge in [0.25, 0.3) is 0 Å². The molecule has 0 amide bonds. The third-order valence-corrected chi connectivity index (χ3v) is 3.97. The van der Waals surface area contributed by atoms with E-state index in [-0.39, 0.29) is 0 Å². The van der Waals surface area contributed by atoms with Crippen LogP contribution in [-0.2, 0) is 0 Å². The Hall–Kier alpha value is -0.300. The molecular formula is C19H39N. The Balaban J connectivity index is 3.26. The van der Waals surface area contributed by atoms with Crippen molar-refractivity contribution >= 4 is 0 Å². The van der Waals surface area contributed by atoms with Crippen molar-refractivity contribution < 1.29 is 0 Å². The van der Waals surface area contributed by atoms with Crippen LogP contribution in [-0.4, -0.2) is 12.1 Å². The van der Waals surface area contributed by atoms with E-state index >= 15 is 0 Å². The second-order valence-electron chi connectivity index (χ2n) is 6.69. The van der Waals surface area contributed by atoms with Crippen molar-refractivity contribution in [2.24, 2.45) is 0 Å². The third-order valence-electron chi connectivity index (χ3n) is 3.97. The second-order valence-corrected chi connectivity index (χ2v) is 6.69. The fraction of sp³-hybridized carbons (Fsp3) is 0.895.